The summed E-state index contributed by atoms with van der Waals surface area (Å²) in [5.41, 5.74) is 4.93. The molecule has 0 aromatic heterocycles. The molecule has 0 saturated heterocycles. The van der Waals surface area contributed by atoms with Crippen LogP contribution < -0.4 is 9.64 Å². The van der Waals surface area contributed by atoms with Crippen LogP contribution >= 0.6 is 0 Å². The average Bonchev–Trinajstić information content (AvgIpc) is 3.03. The summed E-state index contributed by atoms with van der Waals surface area (Å²) in [6.07, 6.45) is 0. The number of imide groups is 1. The van der Waals surface area contributed by atoms with Crippen molar-refractivity contribution >= 4 is 23.1 Å². The lowest BCUT2D eigenvalue weighted by Crippen LogP contribution is -2.34. The van der Waals surface area contributed by atoms with Crippen LogP contribution in [0.3, 0.4) is 0 Å². The van der Waals surface area contributed by atoms with Crippen molar-refractivity contribution in [2.24, 2.45) is 0 Å². The van der Waals surface area contributed by atoms with E-state index in [9.17, 15) is 9.59 Å². The second-order valence-electron chi connectivity index (χ2n) is 8.06. The van der Waals surface area contributed by atoms with E-state index in [1.807, 2.05) is 92.5 Å². The van der Waals surface area contributed by atoms with E-state index in [2.05, 4.69) is 0 Å². The van der Waals surface area contributed by atoms with E-state index in [0.29, 0.717) is 34.8 Å². The summed E-state index contributed by atoms with van der Waals surface area (Å²) in [5, 5.41) is 0. The monoisotopic (exact) mass is 426 g/mol. The minimum Gasteiger partial charge on any atom is -0.496 e. The number of hydrogen-bond acceptors (Lipinski definition) is 4. The maximum absolute atomic E-state index is 13.7. The predicted molar refractivity (Wildman–Crippen MR) is 126 cm³/mol. The lowest BCUT2D eigenvalue weighted by Gasteiger charge is -2.22. The zero-order valence-corrected chi connectivity index (χ0v) is 18.8. The fourth-order valence-corrected chi connectivity index (χ4v) is 4.22. The van der Waals surface area contributed by atoms with Gasteiger partial charge in [0.2, 0.25) is 0 Å². The van der Waals surface area contributed by atoms with Crippen LogP contribution in [0.15, 0.2) is 78.5 Å². The van der Waals surface area contributed by atoms with Crippen molar-refractivity contribution in [2.75, 3.05) is 19.1 Å². The summed E-state index contributed by atoms with van der Waals surface area (Å²) in [7, 11) is 3.41. The number of ether oxygens (including phenoxy) is 1. The molecule has 162 valence electrons. The van der Waals surface area contributed by atoms with Gasteiger partial charge in [0, 0.05) is 19.2 Å². The van der Waals surface area contributed by atoms with Gasteiger partial charge < -0.3 is 9.64 Å². The number of para-hydroxylation sites is 1. The summed E-state index contributed by atoms with van der Waals surface area (Å²) < 4.78 is 5.53. The number of nitrogens with zero attached hydrogens (tertiary/aromatic N) is 2. The Morgan fingerprint density at radius 2 is 1.47 bits per heavy atom. The second kappa shape index (κ2) is 8.71. The molecule has 0 N–H and O–H groups in total. The summed E-state index contributed by atoms with van der Waals surface area (Å²) in [5.74, 6) is -0.129. The highest BCUT2D eigenvalue weighted by atomic mass is 16.5. The summed E-state index contributed by atoms with van der Waals surface area (Å²) in [6.45, 7) is 4.41. The normalized spacial score (nSPS) is 13.7. The number of anilines is 1. The molecule has 3 aromatic rings. The quantitative estimate of drug-likeness (QED) is 0.535. The van der Waals surface area contributed by atoms with Gasteiger partial charge in [-0.1, -0.05) is 54.6 Å². The molecule has 1 heterocycles. The number of carbonyl (C=O) groups is 2. The van der Waals surface area contributed by atoms with Crippen LogP contribution in [-0.2, 0) is 16.1 Å². The predicted octanol–water partition coefficient (Wildman–Crippen LogP) is 4.73. The lowest BCUT2D eigenvalue weighted by atomic mass is 10.0. The van der Waals surface area contributed by atoms with Crippen molar-refractivity contribution in [2.45, 2.75) is 20.4 Å². The van der Waals surface area contributed by atoms with Gasteiger partial charge in [0.25, 0.3) is 11.8 Å². The molecule has 3 aromatic carbocycles. The standard InChI is InChI=1S/C27H26N2O3/c1-18-14-19(2)16-21(15-18)29-26(30)24(22-12-8-9-13-23(22)32-4)25(27(29)31)28(3)17-20-10-6-5-7-11-20/h5-16H,17H2,1-4H3. The smallest absolute Gasteiger partial charge is 0.282 e. The van der Waals surface area contributed by atoms with Crippen molar-refractivity contribution in [3.05, 3.63) is 101 Å². The average molecular weight is 427 g/mol. The number of likely N-dealkylation sites (N-methyl/N-ethyl adjacent to an activating group) is 1. The zero-order valence-electron chi connectivity index (χ0n) is 18.8. The van der Waals surface area contributed by atoms with Crippen LogP contribution in [0.4, 0.5) is 5.69 Å². The second-order valence-corrected chi connectivity index (χ2v) is 8.06. The molecule has 5 nitrogen and oxygen atoms in total. The Kier molecular flexibility index (Phi) is 5.82. The molecule has 0 aliphatic carbocycles. The van der Waals surface area contributed by atoms with Crippen molar-refractivity contribution in [1.29, 1.82) is 0 Å². The number of hydrogen-bond donors (Lipinski definition) is 0. The highest BCUT2D eigenvalue weighted by molar-refractivity contribution is 6.45. The third kappa shape index (κ3) is 3.89. The third-order valence-electron chi connectivity index (χ3n) is 5.54. The van der Waals surface area contributed by atoms with E-state index in [-0.39, 0.29) is 11.8 Å². The number of methoxy groups -OCH3 is 1. The Bertz CT molecular complexity index is 1190. The van der Waals surface area contributed by atoms with Gasteiger partial charge in [0.05, 0.1) is 18.4 Å². The van der Waals surface area contributed by atoms with Gasteiger partial charge >= 0.3 is 0 Å². The topological polar surface area (TPSA) is 49.9 Å². The van der Waals surface area contributed by atoms with Gasteiger partial charge in [-0.05, 0) is 48.7 Å². The Morgan fingerprint density at radius 1 is 0.844 bits per heavy atom. The van der Waals surface area contributed by atoms with E-state index < -0.39 is 0 Å². The van der Waals surface area contributed by atoms with Gasteiger partial charge in [-0.25, -0.2) is 4.90 Å². The summed E-state index contributed by atoms with van der Waals surface area (Å²) in [6, 6.07) is 22.9. The van der Waals surface area contributed by atoms with Crippen molar-refractivity contribution in [1.82, 2.24) is 4.90 Å². The molecule has 0 radical (unpaired) electrons. The molecule has 1 aliphatic heterocycles. The molecule has 0 fully saturated rings. The molecule has 5 heteroatoms. The van der Waals surface area contributed by atoms with E-state index >= 15 is 0 Å². The summed E-state index contributed by atoms with van der Waals surface area (Å²) in [4.78, 5) is 30.6. The van der Waals surface area contributed by atoms with E-state index in [4.69, 9.17) is 4.74 Å². The summed E-state index contributed by atoms with van der Waals surface area (Å²) >= 11 is 0. The highest BCUT2D eigenvalue weighted by Gasteiger charge is 2.42. The largest absolute Gasteiger partial charge is 0.496 e. The highest BCUT2D eigenvalue weighted by Crippen LogP contribution is 2.38. The third-order valence-corrected chi connectivity index (χ3v) is 5.54. The Balaban J connectivity index is 1.86. The maximum Gasteiger partial charge on any atom is 0.282 e. The zero-order chi connectivity index (χ0) is 22.8. The molecule has 0 atom stereocenters. The maximum atomic E-state index is 13.7. The fourth-order valence-electron chi connectivity index (χ4n) is 4.22. The van der Waals surface area contributed by atoms with Gasteiger partial charge in [-0.3, -0.25) is 9.59 Å². The van der Waals surface area contributed by atoms with Crippen molar-refractivity contribution in [3.63, 3.8) is 0 Å². The van der Waals surface area contributed by atoms with Gasteiger partial charge in [0.15, 0.2) is 0 Å². The fraction of sp³-hybridized carbons (Fsp3) is 0.185. The van der Waals surface area contributed by atoms with E-state index in [1.165, 1.54) is 4.90 Å². The van der Waals surface area contributed by atoms with E-state index in [1.54, 1.807) is 13.2 Å². The molecular formula is C27H26N2O3. The Morgan fingerprint density at radius 3 is 2.12 bits per heavy atom. The molecule has 0 bridgehead atoms. The van der Waals surface area contributed by atoms with Crippen LogP contribution in [0.5, 0.6) is 5.75 Å². The molecule has 0 unspecified atom stereocenters. The number of aryl methyl sites for hydroxylation is 2. The molecule has 1 aliphatic rings. The number of benzene rings is 3. The molecular weight excluding hydrogens is 400 g/mol. The van der Waals surface area contributed by atoms with E-state index in [0.717, 1.165) is 16.7 Å². The molecule has 32 heavy (non-hydrogen) atoms. The molecule has 0 saturated carbocycles. The Labute approximate surface area is 188 Å². The first-order chi connectivity index (χ1) is 15.4. The van der Waals surface area contributed by atoms with Gasteiger partial charge in [-0.15, -0.1) is 0 Å². The van der Waals surface area contributed by atoms with Crippen LogP contribution in [-0.4, -0.2) is 30.9 Å². The Hall–Kier alpha value is -3.86. The minimum absolute atomic E-state index is 0.334. The van der Waals surface area contributed by atoms with Crippen LogP contribution in [0.1, 0.15) is 22.3 Å². The molecule has 0 spiro atoms. The SMILES string of the molecule is COc1ccccc1C1=C(N(C)Cc2ccccc2)C(=O)N(c2cc(C)cc(C)c2)C1=O. The van der Waals surface area contributed by atoms with Gasteiger partial charge in [0.1, 0.15) is 11.4 Å². The van der Waals surface area contributed by atoms with Crippen LogP contribution in [0.25, 0.3) is 5.57 Å². The first-order valence-electron chi connectivity index (χ1n) is 10.5. The number of rotatable bonds is 6. The number of amides is 2. The first-order valence-corrected chi connectivity index (χ1v) is 10.5. The van der Waals surface area contributed by atoms with Crippen LogP contribution in [0, 0.1) is 13.8 Å². The minimum atomic E-state index is -0.348. The van der Waals surface area contributed by atoms with Crippen molar-refractivity contribution in [3.8, 4) is 5.75 Å². The van der Waals surface area contributed by atoms with Crippen molar-refractivity contribution < 1.29 is 14.3 Å². The van der Waals surface area contributed by atoms with Crippen LogP contribution in [0.2, 0.25) is 0 Å². The lowest BCUT2D eigenvalue weighted by molar-refractivity contribution is -0.120. The number of carbonyl (C=O) groups excluding carboxylic acids is 2. The molecule has 4 rings (SSSR count). The first kappa shape index (κ1) is 21.4. The van der Waals surface area contributed by atoms with Gasteiger partial charge in [-0.2, -0.15) is 0 Å². The molecule has 2 amide bonds.